The van der Waals surface area contributed by atoms with E-state index in [0.717, 1.165) is 10.2 Å². The summed E-state index contributed by atoms with van der Waals surface area (Å²) >= 11 is 7.42. The van der Waals surface area contributed by atoms with Gasteiger partial charge in [0, 0.05) is 24.2 Å². The van der Waals surface area contributed by atoms with Gasteiger partial charge in [0.25, 0.3) is 5.91 Å². The lowest BCUT2D eigenvalue weighted by Gasteiger charge is -2.05. The Morgan fingerprint density at radius 2 is 2.04 bits per heavy atom. The molecule has 0 saturated carbocycles. The molecule has 28 heavy (non-hydrogen) atoms. The average Bonchev–Trinajstić information content (AvgIpc) is 3.02. The number of hydrogen-bond donors (Lipinski definition) is 0. The van der Waals surface area contributed by atoms with Crippen molar-refractivity contribution >= 4 is 48.9 Å². The van der Waals surface area contributed by atoms with Crippen molar-refractivity contribution < 1.29 is 17.9 Å². The Hall–Kier alpha value is -2.00. The third kappa shape index (κ3) is 4.35. The van der Waals surface area contributed by atoms with Crippen LogP contribution < -0.4 is 4.80 Å². The number of carbonyl (C=O) groups is 1. The molecule has 9 heteroatoms. The van der Waals surface area contributed by atoms with Crippen LogP contribution in [-0.4, -0.2) is 38.4 Å². The van der Waals surface area contributed by atoms with E-state index >= 15 is 0 Å². The van der Waals surface area contributed by atoms with Crippen LogP contribution in [0.15, 0.2) is 52.4 Å². The fourth-order valence-electron chi connectivity index (χ4n) is 2.67. The van der Waals surface area contributed by atoms with Gasteiger partial charge in [-0.15, -0.1) is 0 Å². The van der Waals surface area contributed by atoms with Crippen LogP contribution in [0.25, 0.3) is 10.2 Å². The summed E-state index contributed by atoms with van der Waals surface area (Å²) in [5.74, 6) is -0.535. The first-order valence-electron chi connectivity index (χ1n) is 8.55. The van der Waals surface area contributed by atoms with Crippen LogP contribution in [0.4, 0.5) is 0 Å². The minimum atomic E-state index is -3.40. The highest BCUT2D eigenvalue weighted by Crippen LogP contribution is 2.22. The van der Waals surface area contributed by atoms with Crippen molar-refractivity contribution in [2.75, 3.05) is 19.5 Å². The van der Waals surface area contributed by atoms with Crippen molar-refractivity contribution in [3.8, 4) is 0 Å². The maximum absolute atomic E-state index is 12.7. The quantitative estimate of drug-likeness (QED) is 0.589. The van der Waals surface area contributed by atoms with Crippen LogP contribution in [0.3, 0.4) is 0 Å². The van der Waals surface area contributed by atoms with Gasteiger partial charge in [0.05, 0.1) is 27.5 Å². The molecule has 0 aliphatic rings. The maximum Gasteiger partial charge on any atom is 0.279 e. The average molecular weight is 439 g/mol. The van der Waals surface area contributed by atoms with Gasteiger partial charge in [-0.2, -0.15) is 4.99 Å². The van der Waals surface area contributed by atoms with Crippen LogP contribution in [0.5, 0.6) is 0 Å². The van der Waals surface area contributed by atoms with Crippen LogP contribution >= 0.6 is 22.9 Å². The smallest absolute Gasteiger partial charge is 0.279 e. The normalized spacial score (nSPS) is 12.6. The predicted molar refractivity (Wildman–Crippen MR) is 111 cm³/mol. The summed E-state index contributed by atoms with van der Waals surface area (Å²) in [7, 11) is -1.80. The maximum atomic E-state index is 12.7. The predicted octanol–water partition coefficient (Wildman–Crippen LogP) is 3.54. The molecule has 1 heterocycles. The van der Waals surface area contributed by atoms with Gasteiger partial charge in [0.1, 0.15) is 0 Å². The Balaban J connectivity index is 2.09. The largest absolute Gasteiger partial charge is 0.383 e. The third-order valence-electron chi connectivity index (χ3n) is 4.18. The Kier molecular flexibility index (Phi) is 6.34. The highest BCUT2D eigenvalue weighted by Gasteiger charge is 2.15. The van der Waals surface area contributed by atoms with Crippen molar-refractivity contribution in [2.24, 2.45) is 4.99 Å². The zero-order valence-electron chi connectivity index (χ0n) is 15.4. The molecular formula is C19H19ClN2O4S2. The van der Waals surface area contributed by atoms with E-state index in [1.165, 1.54) is 23.5 Å². The second-order valence-electron chi connectivity index (χ2n) is 5.99. The number of ether oxygens (including phenoxy) is 1. The molecule has 0 radical (unpaired) electrons. The highest BCUT2D eigenvalue weighted by molar-refractivity contribution is 7.91. The number of sulfone groups is 1. The van der Waals surface area contributed by atoms with Gasteiger partial charge in [0.15, 0.2) is 14.6 Å². The van der Waals surface area contributed by atoms with Crippen LogP contribution in [-0.2, 0) is 21.1 Å². The summed E-state index contributed by atoms with van der Waals surface area (Å²) in [5, 5.41) is 0.600. The summed E-state index contributed by atoms with van der Waals surface area (Å²) in [6.07, 6.45) is 0. The molecule has 0 N–H and O–H groups in total. The zero-order chi connectivity index (χ0) is 20.3. The van der Waals surface area contributed by atoms with Crippen molar-refractivity contribution in [1.29, 1.82) is 0 Å². The van der Waals surface area contributed by atoms with E-state index in [1.807, 2.05) is 16.7 Å². The lowest BCUT2D eigenvalue weighted by molar-refractivity contribution is 0.0997. The molecule has 0 aliphatic heterocycles. The fraction of sp³-hybridized carbons (Fsp3) is 0.263. The lowest BCUT2D eigenvalue weighted by atomic mass is 10.2. The Morgan fingerprint density at radius 1 is 1.25 bits per heavy atom. The SMILES string of the molecule is CCS(=O)(=O)c1cccc(C(=O)N=c2sc3cc(Cl)ccc3n2CCOC)c1. The number of benzene rings is 2. The molecule has 0 unspecified atom stereocenters. The van der Waals surface area contributed by atoms with Crippen molar-refractivity contribution in [1.82, 2.24) is 4.57 Å². The minimum Gasteiger partial charge on any atom is -0.383 e. The Bertz CT molecular complexity index is 1200. The molecular weight excluding hydrogens is 420 g/mol. The van der Waals surface area contributed by atoms with Crippen LogP contribution in [0, 0.1) is 0 Å². The van der Waals surface area contributed by atoms with Gasteiger partial charge >= 0.3 is 0 Å². The van der Waals surface area contributed by atoms with E-state index in [2.05, 4.69) is 4.99 Å². The standard InChI is InChI=1S/C19H19ClN2O4S2/c1-3-28(24,25)15-6-4-5-13(11-15)18(23)21-19-22(9-10-26-2)16-8-7-14(20)12-17(16)27-19/h4-8,11-12H,3,9-10H2,1-2H3. The number of methoxy groups -OCH3 is 1. The second kappa shape index (κ2) is 8.57. The number of fused-ring (bicyclic) bond motifs is 1. The molecule has 0 aliphatic carbocycles. The number of aromatic nitrogens is 1. The number of thiazole rings is 1. The highest BCUT2D eigenvalue weighted by atomic mass is 35.5. The molecule has 0 fully saturated rings. The number of nitrogens with zero attached hydrogens (tertiary/aromatic N) is 2. The summed E-state index contributed by atoms with van der Waals surface area (Å²) < 4.78 is 32.1. The number of halogens is 1. The Labute approximate surface area is 172 Å². The molecule has 0 bridgehead atoms. The van der Waals surface area contributed by atoms with Gasteiger partial charge in [-0.05, 0) is 36.4 Å². The first-order valence-corrected chi connectivity index (χ1v) is 11.4. The molecule has 0 saturated heterocycles. The molecule has 3 rings (SSSR count). The monoisotopic (exact) mass is 438 g/mol. The fourth-order valence-corrected chi connectivity index (χ4v) is 4.93. The number of amides is 1. The molecule has 0 atom stereocenters. The summed E-state index contributed by atoms with van der Waals surface area (Å²) in [4.78, 5) is 17.6. The molecule has 148 valence electrons. The van der Waals surface area contributed by atoms with Gasteiger partial charge < -0.3 is 9.30 Å². The van der Waals surface area contributed by atoms with E-state index in [9.17, 15) is 13.2 Å². The summed E-state index contributed by atoms with van der Waals surface area (Å²) in [5.41, 5.74) is 1.13. The van der Waals surface area contributed by atoms with Gasteiger partial charge in [-0.25, -0.2) is 8.42 Å². The number of carbonyl (C=O) groups excluding carboxylic acids is 1. The van der Waals surface area contributed by atoms with Crippen LogP contribution in [0.2, 0.25) is 5.02 Å². The third-order valence-corrected chi connectivity index (χ3v) is 7.19. The van der Waals surface area contributed by atoms with Crippen molar-refractivity contribution in [3.63, 3.8) is 0 Å². The van der Waals surface area contributed by atoms with E-state index in [0.29, 0.717) is 23.0 Å². The van der Waals surface area contributed by atoms with Gasteiger partial charge in [-0.1, -0.05) is 35.9 Å². The lowest BCUT2D eigenvalue weighted by Crippen LogP contribution is -2.19. The first kappa shape index (κ1) is 20.7. The van der Waals surface area contributed by atoms with E-state index in [-0.39, 0.29) is 16.2 Å². The number of hydrogen-bond acceptors (Lipinski definition) is 5. The van der Waals surface area contributed by atoms with E-state index in [4.69, 9.17) is 16.3 Å². The van der Waals surface area contributed by atoms with Crippen molar-refractivity contribution in [3.05, 3.63) is 57.9 Å². The molecule has 6 nitrogen and oxygen atoms in total. The first-order chi connectivity index (χ1) is 13.4. The molecule has 1 amide bonds. The molecule has 2 aromatic carbocycles. The van der Waals surface area contributed by atoms with Gasteiger partial charge in [0.2, 0.25) is 0 Å². The molecule has 1 aromatic heterocycles. The van der Waals surface area contributed by atoms with Crippen LogP contribution in [0.1, 0.15) is 17.3 Å². The summed E-state index contributed by atoms with van der Waals surface area (Å²) in [6, 6.07) is 11.4. The van der Waals surface area contributed by atoms with E-state index in [1.54, 1.807) is 32.2 Å². The van der Waals surface area contributed by atoms with Crippen molar-refractivity contribution in [2.45, 2.75) is 18.4 Å². The Morgan fingerprint density at radius 3 is 2.75 bits per heavy atom. The van der Waals surface area contributed by atoms with E-state index < -0.39 is 15.7 Å². The topological polar surface area (TPSA) is 77.7 Å². The zero-order valence-corrected chi connectivity index (χ0v) is 17.8. The minimum absolute atomic E-state index is 0.0319. The summed E-state index contributed by atoms with van der Waals surface area (Å²) in [6.45, 7) is 2.55. The second-order valence-corrected chi connectivity index (χ2v) is 9.71. The molecule has 3 aromatic rings. The van der Waals surface area contributed by atoms with Gasteiger partial charge in [-0.3, -0.25) is 4.79 Å². The molecule has 0 spiro atoms. The number of rotatable bonds is 6.